The highest BCUT2D eigenvalue weighted by Gasteiger charge is 2.60. The zero-order valence-corrected chi connectivity index (χ0v) is 18.5. The summed E-state index contributed by atoms with van der Waals surface area (Å²) in [6.07, 6.45) is 5.54. The fourth-order valence-electron chi connectivity index (χ4n) is 6.96. The summed E-state index contributed by atoms with van der Waals surface area (Å²) in [5.74, 6) is 0.709. The third kappa shape index (κ3) is 3.84. The molecule has 5 rings (SSSR count). The molecule has 0 aliphatic heterocycles. The summed E-state index contributed by atoms with van der Waals surface area (Å²) in [5.41, 5.74) is 3.32. The molecule has 1 aromatic rings. The van der Waals surface area contributed by atoms with E-state index in [4.69, 9.17) is 0 Å². The molecule has 3 N–H and O–H groups in total. The van der Waals surface area contributed by atoms with E-state index in [0.29, 0.717) is 18.3 Å². The minimum atomic E-state index is -0.456. The number of benzene rings is 1. The Balaban J connectivity index is 1.42. The smallest absolute Gasteiger partial charge is 0.243 e. The van der Waals surface area contributed by atoms with Crippen molar-refractivity contribution in [3.05, 3.63) is 28.8 Å². The van der Waals surface area contributed by atoms with Crippen molar-refractivity contribution >= 4 is 23.4 Å². The minimum absolute atomic E-state index is 0.0178. The Morgan fingerprint density at radius 2 is 1.60 bits per heavy atom. The van der Waals surface area contributed by atoms with E-state index in [1.54, 1.807) is 6.92 Å². The monoisotopic (exact) mass is 411 g/mol. The average Bonchev–Trinajstić information content (AvgIpc) is 2.60. The first kappa shape index (κ1) is 20.9. The first-order valence-electron chi connectivity index (χ1n) is 11.0. The van der Waals surface area contributed by atoms with E-state index in [9.17, 15) is 14.4 Å². The van der Waals surface area contributed by atoms with E-state index in [1.807, 2.05) is 32.9 Å². The maximum Gasteiger partial charge on any atom is 0.243 e. The molecule has 4 bridgehead atoms. The van der Waals surface area contributed by atoms with Gasteiger partial charge in [-0.1, -0.05) is 17.7 Å². The molecule has 0 unspecified atom stereocenters. The van der Waals surface area contributed by atoms with E-state index in [-0.39, 0.29) is 29.8 Å². The molecule has 4 saturated carbocycles. The molecule has 4 aliphatic carbocycles. The topological polar surface area (TPSA) is 87.3 Å². The fourth-order valence-corrected chi connectivity index (χ4v) is 6.96. The SMILES string of the molecule is CC(=O)NC12C[C@H]3C[C@H](C1)CC(C(=O)NCC(=O)Nc1c(C)cc(C)cc1C)(C3)C2. The van der Waals surface area contributed by atoms with Gasteiger partial charge < -0.3 is 16.0 Å². The van der Waals surface area contributed by atoms with E-state index in [2.05, 4.69) is 16.0 Å². The molecule has 1 aromatic carbocycles. The quantitative estimate of drug-likeness (QED) is 0.696. The van der Waals surface area contributed by atoms with Crippen molar-refractivity contribution in [3.8, 4) is 0 Å². The van der Waals surface area contributed by atoms with Crippen molar-refractivity contribution in [2.75, 3.05) is 11.9 Å². The molecule has 0 aromatic heterocycles. The number of hydrogen-bond acceptors (Lipinski definition) is 3. The van der Waals surface area contributed by atoms with Crippen molar-refractivity contribution in [1.82, 2.24) is 10.6 Å². The molecular weight excluding hydrogens is 378 g/mol. The fraction of sp³-hybridized carbons (Fsp3) is 0.625. The van der Waals surface area contributed by atoms with Crippen LogP contribution in [0, 0.1) is 38.0 Å². The molecule has 3 amide bonds. The van der Waals surface area contributed by atoms with E-state index in [1.165, 1.54) is 0 Å². The summed E-state index contributed by atoms with van der Waals surface area (Å²) in [7, 11) is 0. The molecular formula is C24H33N3O3. The lowest BCUT2D eigenvalue weighted by Crippen LogP contribution is -2.66. The number of amides is 3. The van der Waals surface area contributed by atoms with Gasteiger partial charge in [-0.05, 0) is 82.3 Å². The third-order valence-electron chi connectivity index (χ3n) is 7.33. The Hall–Kier alpha value is -2.37. The predicted molar refractivity (Wildman–Crippen MR) is 116 cm³/mol. The maximum atomic E-state index is 13.3. The normalized spacial score (nSPS) is 31.3. The first-order valence-corrected chi connectivity index (χ1v) is 11.0. The van der Waals surface area contributed by atoms with Gasteiger partial charge in [0.25, 0.3) is 0 Å². The number of carbonyl (C=O) groups is 3. The van der Waals surface area contributed by atoms with Crippen LogP contribution >= 0.6 is 0 Å². The number of carbonyl (C=O) groups excluding carboxylic acids is 3. The molecule has 6 heteroatoms. The van der Waals surface area contributed by atoms with Crippen LogP contribution in [0.15, 0.2) is 12.1 Å². The van der Waals surface area contributed by atoms with Crippen LogP contribution in [0.4, 0.5) is 5.69 Å². The lowest BCUT2D eigenvalue weighted by molar-refractivity contribution is -0.153. The van der Waals surface area contributed by atoms with Crippen molar-refractivity contribution in [1.29, 1.82) is 0 Å². The van der Waals surface area contributed by atoms with Gasteiger partial charge in [-0.3, -0.25) is 14.4 Å². The zero-order chi connectivity index (χ0) is 21.7. The van der Waals surface area contributed by atoms with Crippen molar-refractivity contribution in [3.63, 3.8) is 0 Å². The van der Waals surface area contributed by atoms with Gasteiger partial charge in [0.15, 0.2) is 0 Å². The molecule has 0 spiro atoms. The number of rotatable bonds is 5. The van der Waals surface area contributed by atoms with Gasteiger partial charge in [0.2, 0.25) is 17.7 Å². The maximum absolute atomic E-state index is 13.3. The Morgan fingerprint density at radius 1 is 1.00 bits per heavy atom. The molecule has 30 heavy (non-hydrogen) atoms. The number of anilines is 1. The van der Waals surface area contributed by atoms with Crippen LogP contribution in [0.1, 0.15) is 62.1 Å². The van der Waals surface area contributed by atoms with Crippen LogP contribution in [-0.4, -0.2) is 29.8 Å². The Kier molecular flexibility index (Phi) is 5.15. The predicted octanol–water partition coefficient (Wildman–Crippen LogP) is 3.14. The highest BCUT2D eigenvalue weighted by molar-refractivity contribution is 5.96. The van der Waals surface area contributed by atoms with E-state index in [0.717, 1.165) is 54.5 Å². The number of hydrogen-bond donors (Lipinski definition) is 3. The number of nitrogens with one attached hydrogen (secondary N) is 3. The zero-order valence-electron chi connectivity index (χ0n) is 18.5. The van der Waals surface area contributed by atoms with Gasteiger partial charge in [-0.25, -0.2) is 0 Å². The second-order valence-corrected chi connectivity index (χ2v) is 10.2. The highest BCUT2D eigenvalue weighted by Crippen LogP contribution is 2.61. The molecule has 0 saturated heterocycles. The molecule has 162 valence electrons. The van der Waals surface area contributed by atoms with Crippen LogP contribution in [0.3, 0.4) is 0 Å². The standard InChI is InChI=1S/C24H33N3O3/c1-14-5-15(2)21(16(3)6-14)26-20(29)12-25-22(30)23-8-18-7-19(9-23)11-24(10-18,13-23)27-17(4)28/h5-6,18-19H,7-13H2,1-4H3,(H,25,30)(H,26,29)(H,27,28)/t18-,19-,23?,24?/m0/s1. The second-order valence-electron chi connectivity index (χ2n) is 10.2. The summed E-state index contributed by atoms with van der Waals surface area (Å²) >= 11 is 0. The van der Waals surface area contributed by atoms with Crippen molar-refractivity contribution in [2.24, 2.45) is 17.3 Å². The van der Waals surface area contributed by atoms with Crippen LogP contribution in [0.5, 0.6) is 0 Å². The number of aryl methyl sites for hydroxylation is 3. The van der Waals surface area contributed by atoms with Gasteiger partial charge >= 0.3 is 0 Å². The third-order valence-corrected chi connectivity index (χ3v) is 7.33. The van der Waals surface area contributed by atoms with E-state index < -0.39 is 5.41 Å². The first-order chi connectivity index (χ1) is 14.1. The van der Waals surface area contributed by atoms with Crippen LogP contribution in [0.25, 0.3) is 0 Å². The van der Waals surface area contributed by atoms with Gasteiger partial charge in [0, 0.05) is 18.2 Å². The van der Waals surface area contributed by atoms with E-state index >= 15 is 0 Å². The minimum Gasteiger partial charge on any atom is -0.351 e. The Labute approximate surface area is 178 Å². The molecule has 4 aliphatic rings. The molecule has 0 heterocycles. The average molecular weight is 412 g/mol. The summed E-state index contributed by atoms with van der Waals surface area (Å²) in [6.45, 7) is 7.52. The molecule has 4 fully saturated rings. The van der Waals surface area contributed by atoms with Crippen LogP contribution in [0.2, 0.25) is 0 Å². The lowest BCUT2D eigenvalue weighted by Gasteiger charge is -2.61. The lowest BCUT2D eigenvalue weighted by atomic mass is 9.46. The highest BCUT2D eigenvalue weighted by atomic mass is 16.2. The second kappa shape index (κ2) is 7.40. The summed E-state index contributed by atoms with van der Waals surface area (Å²) in [4.78, 5) is 37.6. The van der Waals surface area contributed by atoms with Gasteiger partial charge in [0.1, 0.15) is 0 Å². The van der Waals surface area contributed by atoms with Gasteiger partial charge in [-0.2, -0.15) is 0 Å². The molecule has 0 radical (unpaired) electrons. The Morgan fingerprint density at radius 3 is 2.17 bits per heavy atom. The summed E-state index contributed by atoms with van der Waals surface area (Å²) in [5, 5.41) is 9.06. The van der Waals surface area contributed by atoms with Crippen LogP contribution < -0.4 is 16.0 Å². The summed E-state index contributed by atoms with van der Waals surface area (Å²) < 4.78 is 0. The van der Waals surface area contributed by atoms with Crippen molar-refractivity contribution < 1.29 is 14.4 Å². The summed E-state index contributed by atoms with van der Waals surface area (Å²) in [6, 6.07) is 4.08. The van der Waals surface area contributed by atoms with Gasteiger partial charge in [-0.15, -0.1) is 0 Å². The molecule has 2 atom stereocenters. The van der Waals surface area contributed by atoms with Crippen molar-refractivity contribution in [2.45, 2.75) is 71.8 Å². The Bertz CT molecular complexity index is 870. The molecule has 6 nitrogen and oxygen atoms in total. The largest absolute Gasteiger partial charge is 0.351 e. The van der Waals surface area contributed by atoms with Gasteiger partial charge in [0.05, 0.1) is 12.0 Å². The van der Waals surface area contributed by atoms with Crippen LogP contribution in [-0.2, 0) is 14.4 Å².